The maximum atomic E-state index is 13.9. The molecular weight excluding hydrogens is 409 g/mol. The van der Waals surface area contributed by atoms with Gasteiger partial charge in [-0.15, -0.1) is 0 Å². The molecule has 0 aliphatic rings. The standard InChI is InChI=1S/C21H17F2N4O2P/c22-21(23,30)16-7-2-1-6-15(16)19-25-17-9-8-12(10-18(17)26-19)20(29)27(24)13-4-3-5-14(28)11-13/h1-11,28H,24,30H2,(H,25,26). The zero-order valence-electron chi connectivity index (χ0n) is 15.5. The van der Waals surface area contributed by atoms with Crippen LogP contribution in [0.25, 0.3) is 22.4 Å². The van der Waals surface area contributed by atoms with Crippen molar-refractivity contribution in [3.8, 4) is 17.1 Å². The van der Waals surface area contributed by atoms with E-state index in [1.807, 2.05) is 0 Å². The molecule has 0 saturated carbocycles. The molecule has 4 rings (SSSR count). The fourth-order valence-electron chi connectivity index (χ4n) is 3.15. The summed E-state index contributed by atoms with van der Waals surface area (Å²) < 4.78 is 27.9. The van der Waals surface area contributed by atoms with E-state index in [-0.39, 0.29) is 28.3 Å². The Bertz CT molecular complexity index is 1250. The van der Waals surface area contributed by atoms with Crippen molar-refractivity contribution in [2.45, 2.75) is 5.66 Å². The summed E-state index contributed by atoms with van der Waals surface area (Å²) in [6.45, 7) is 0. The molecule has 1 unspecified atom stereocenters. The number of amides is 1. The van der Waals surface area contributed by atoms with Crippen molar-refractivity contribution in [1.82, 2.24) is 9.97 Å². The highest BCUT2D eigenvalue weighted by molar-refractivity contribution is 7.17. The van der Waals surface area contributed by atoms with E-state index in [0.29, 0.717) is 16.7 Å². The number of imidazole rings is 1. The van der Waals surface area contributed by atoms with Gasteiger partial charge in [-0.05, 0) is 30.3 Å². The number of carbonyl (C=O) groups excluding carboxylic acids is 1. The van der Waals surface area contributed by atoms with Gasteiger partial charge >= 0.3 is 0 Å². The summed E-state index contributed by atoms with van der Waals surface area (Å²) in [6.07, 6.45) is 0. The van der Waals surface area contributed by atoms with Crippen molar-refractivity contribution in [3.05, 3.63) is 77.9 Å². The zero-order chi connectivity index (χ0) is 21.5. The van der Waals surface area contributed by atoms with Crippen LogP contribution >= 0.6 is 9.24 Å². The van der Waals surface area contributed by atoms with Gasteiger partial charge in [0, 0.05) is 22.8 Å². The lowest BCUT2D eigenvalue weighted by atomic mass is 10.1. The average Bonchev–Trinajstić information content (AvgIpc) is 3.15. The van der Waals surface area contributed by atoms with E-state index in [1.54, 1.807) is 42.5 Å². The van der Waals surface area contributed by atoms with Gasteiger partial charge in [0.15, 0.2) is 0 Å². The molecule has 3 aromatic carbocycles. The number of benzene rings is 3. The van der Waals surface area contributed by atoms with Crippen LogP contribution in [0.4, 0.5) is 14.5 Å². The van der Waals surface area contributed by atoms with Crippen LogP contribution < -0.4 is 10.9 Å². The highest BCUT2D eigenvalue weighted by Gasteiger charge is 2.28. The molecule has 1 aromatic heterocycles. The van der Waals surface area contributed by atoms with Gasteiger partial charge in [-0.2, -0.15) is 8.78 Å². The van der Waals surface area contributed by atoms with Crippen LogP contribution in [0.5, 0.6) is 5.75 Å². The summed E-state index contributed by atoms with van der Waals surface area (Å²) in [7, 11) is 1.53. The van der Waals surface area contributed by atoms with Crippen LogP contribution in [0, 0.1) is 0 Å². The molecule has 6 nitrogen and oxygen atoms in total. The van der Waals surface area contributed by atoms with Crippen molar-refractivity contribution < 1.29 is 18.7 Å². The minimum absolute atomic E-state index is 0.0195. The third kappa shape index (κ3) is 3.75. The molecule has 30 heavy (non-hydrogen) atoms. The number of aromatic hydroxyl groups is 1. The molecule has 4 aromatic rings. The second kappa shape index (κ2) is 7.48. The quantitative estimate of drug-likeness (QED) is 0.195. The fraction of sp³-hybridized carbons (Fsp3) is 0.0476. The molecule has 4 N–H and O–H groups in total. The fourth-order valence-corrected chi connectivity index (χ4v) is 3.40. The van der Waals surface area contributed by atoms with Crippen molar-refractivity contribution in [2.75, 3.05) is 5.01 Å². The highest BCUT2D eigenvalue weighted by Crippen LogP contribution is 2.40. The first-order valence-electron chi connectivity index (χ1n) is 8.88. The number of rotatable bonds is 4. The minimum Gasteiger partial charge on any atom is -0.508 e. The molecule has 152 valence electrons. The number of alkyl halides is 2. The molecule has 1 amide bonds. The number of H-pyrrole nitrogens is 1. The third-order valence-electron chi connectivity index (χ3n) is 4.60. The molecule has 1 atom stereocenters. The summed E-state index contributed by atoms with van der Waals surface area (Å²) >= 11 is 0. The number of halogens is 2. The normalized spacial score (nSPS) is 11.6. The first-order valence-corrected chi connectivity index (χ1v) is 9.46. The number of hydrogen-bond donors (Lipinski definition) is 3. The Kier molecular flexibility index (Phi) is 4.97. The Morgan fingerprint density at radius 2 is 1.87 bits per heavy atom. The van der Waals surface area contributed by atoms with Gasteiger partial charge < -0.3 is 10.1 Å². The zero-order valence-corrected chi connectivity index (χ0v) is 16.7. The SMILES string of the molecule is NN(C(=O)c1ccc2nc(-c3ccccc3C(F)(F)P)[nH]c2c1)c1cccc(O)c1. The molecule has 9 heteroatoms. The average molecular weight is 426 g/mol. The Hall–Kier alpha value is -3.35. The number of nitrogens with one attached hydrogen (secondary N) is 1. The second-order valence-corrected chi connectivity index (χ2v) is 7.41. The molecule has 0 aliphatic carbocycles. The monoisotopic (exact) mass is 426 g/mol. The minimum atomic E-state index is -3.11. The molecule has 1 heterocycles. The third-order valence-corrected chi connectivity index (χ3v) is 4.91. The number of aromatic nitrogens is 2. The lowest BCUT2D eigenvalue weighted by Gasteiger charge is -2.16. The topological polar surface area (TPSA) is 95.2 Å². The number of fused-ring (bicyclic) bond motifs is 1. The van der Waals surface area contributed by atoms with Crippen molar-refractivity contribution in [3.63, 3.8) is 0 Å². The van der Waals surface area contributed by atoms with E-state index in [1.165, 1.54) is 33.5 Å². The van der Waals surface area contributed by atoms with Crippen molar-refractivity contribution in [1.29, 1.82) is 0 Å². The number of phenols is 1. The second-order valence-electron chi connectivity index (χ2n) is 6.68. The first kappa shape index (κ1) is 19.9. The van der Waals surface area contributed by atoms with Crippen LogP contribution in [0.3, 0.4) is 0 Å². The van der Waals surface area contributed by atoms with Gasteiger partial charge in [0.1, 0.15) is 11.6 Å². The number of aromatic amines is 1. The lowest BCUT2D eigenvalue weighted by Crippen LogP contribution is -2.37. The van der Waals surface area contributed by atoms with Gasteiger partial charge in [-0.3, -0.25) is 4.79 Å². The largest absolute Gasteiger partial charge is 0.508 e. The summed E-state index contributed by atoms with van der Waals surface area (Å²) in [6, 6.07) is 16.8. The lowest BCUT2D eigenvalue weighted by molar-refractivity contribution is 0.0986. The van der Waals surface area contributed by atoms with E-state index >= 15 is 0 Å². The smallest absolute Gasteiger partial charge is 0.284 e. The Morgan fingerprint density at radius 1 is 1.10 bits per heavy atom. The Morgan fingerprint density at radius 3 is 2.60 bits per heavy atom. The van der Waals surface area contributed by atoms with E-state index in [4.69, 9.17) is 5.84 Å². The molecule has 0 radical (unpaired) electrons. The Labute approximate surface area is 172 Å². The van der Waals surface area contributed by atoms with Gasteiger partial charge in [0.2, 0.25) is 0 Å². The van der Waals surface area contributed by atoms with Gasteiger partial charge in [0.05, 0.1) is 16.7 Å². The number of anilines is 1. The van der Waals surface area contributed by atoms with Crippen LogP contribution in [0.2, 0.25) is 0 Å². The maximum Gasteiger partial charge on any atom is 0.284 e. The maximum absolute atomic E-state index is 13.9. The summed E-state index contributed by atoms with van der Waals surface area (Å²) in [4.78, 5) is 20.1. The van der Waals surface area contributed by atoms with Crippen LogP contribution in [0.15, 0.2) is 66.7 Å². The van der Waals surface area contributed by atoms with Crippen molar-refractivity contribution in [2.24, 2.45) is 5.84 Å². The number of nitrogens with zero attached hydrogens (tertiary/aromatic N) is 2. The molecule has 0 saturated heterocycles. The van der Waals surface area contributed by atoms with Gasteiger partial charge in [-0.1, -0.05) is 39.6 Å². The number of phenolic OH excluding ortho intramolecular Hbond substituents is 1. The molecule has 0 fully saturated rings. The van der Waals surface area contributed by atoms with Crippen LogP contribution in [-0.4, -0.2) is 21.0 Å². The predicted octanol–water partition coefficient (Wildman–Crippen LogP) is 4.38. The molecule has 0 spiro atoms. The summed E-state index contributed by atoms with van der Waals surface area (Å²) in [5, 5.41) is 10.5. The molecule has 0 bridgehead atoms. The predicted molar refractivity (Wildman–Crippen MR) is 114 cm³/mol. The van der Waals surface area contributed by atoms with Crippen LogP contribution in [0.1, 0.15) is 15.9 Å². The van der Waals surface area contributed by atoms with E-state index < -0.39 is 11.6 Å². The number of nitrogens with two attached hydrogens (primary N) is 1. The first-order chi connectivity index (χ1) is 14.2. The summed E-state index contributed by atoms with van der Waals surface area (Å²) in [5.74, 6) is 5.65. The Balaban J connectivity index is 1.71. The molecular formula is C21H17F2N4O2P. The highest BCUT2D eigenvalue weighted by atomic mass is 31.0. The van der Waals surface area contributed by atoms with E-state index in [0.717, 1.165) is 5.01 Å². The van der Waals surface area contributed by atoms with E-state index in [2.05, 4.69) is 9.97 Å². The van der Waals surface area contributed by atoms with E-state index in [9.17, 15) is 18.7 Å². The van der Waals surface area contributed by atoms with Gasteiger partial charge in [0.25, 0.3) is 11.6 Å². The van der Waals surface area contributed by atoms with Crippen LogP contribution in [-0.2, 0) is 5.66 Å². The number of hydrogen-bond acceptors (Lipinski definition) is 4. The van der Waals surface area contributed by atoms with Crippen molar-refractivity contribution >= 4 is 31.9 Å². The number of carbonyl (C=O) groups is 1. The summed E-state index contributed by atoms with van der Waals surface area (Å²) in [5.41, 5.74) is -1.41. The number of hydrazine groups is 1. The molecule has 0 aliphatic heterocycles. The van der Waals surface area contributed by atoms with Gasteiger partial charge in [-0.25, -0.2) is 15.8 Å².